The second kappa shape index (κ2) is 7.79. The van der Waals surface area contributed by atoms with Crippen molar-refractivity contribution in [2.24, 2.45) is 0 Å². The Hall–Kier alpha value is -1.89. The van der Waals surface area contributed by atoms with Crippen LogP contribution in [-0.4, -0.2) is 29.8 Å². The third-order valence-electron chi connectivity index (χ3n) is 4.14. The van der Waals surface area contributed by atoms with Gasteiger partial charge >= 0.3 is 0 Å². The van der Waals surface area contributed by atoms with Crippen molar-refractivity contribution in [3.63, 3.8) is 0 Å². The van der Waals surface area contributed by atoms with Gasteiger partial charge in [-0.05, 0) is 65.3 Å². The lowest BCUT2D eigenvalue weighted by Gasteiger charge is -2.15. The fourth-order valence-electron chi connectivity index (χ4n) is 2.84. The molecule has 2 amide bonds. The molecule has 0 aliphatic carbocycles. The number of nitrogens with one attached hydrogen (secondary N) is 1. The molecule has 124 valence electrons. The third-order valence-corrected chi connectivity index (χ3v) is 5.08. The molecule has 0 saturated carbocycles. The molecular formula is C19H19IN2O2. The number of hydrogen-bond acceptors (Lipinski definition) is 2. The number of hydrogen-bond donors (Lipinski definition) is 1. The first-order valence-corrected chi connectivity index (χ1v) is 9.14. The smallest absolute Gasteiger partial charge is 0.253 e. The quantitative estimate of drug-likeness (QED) is 0.750. The summed E-state index contributed by atoms with van der Waals surface area (Å²) in [7, 11) is 0. The van der Waals surface area contributed by atoms with E-state index >= 15 is 0 Å². The molecule has 0 unspecified atom stereocenters. The molecular weight excluding hydrogens is 415 g/mol. The van der Waals surface area contributed by atoms with Gasteiger partial charge in [0.2, 0.25) is 0 Å². The number of halogens is 1. The van der Waals surface area contributed by atoms with Crippen LogP contribution in [0.2, 0.25) is 0 Å². The summed E-state index contributed by atoms with van der Waals surface area (Å²) in [5.41, 5.74) is 2.29. The third kappa shape index (κ3) is 3.95. The number of rotatable bonds is 4. The van der Waals surface area contributed by atoms with Gasteiger partial charge in [-0.25, -0.2) is 0 Å². The number of carbonyl (C=O) groups excluding carboxylic acids is 2. The summed E-state index contributed by atoms with van der Waals surface area (Å²) in [5.74, 6) is -0.0189. The topological polar surface area (TPSA) is 49.4 Å². The maximum absolute atomic E-state index is 12.4. The molecule has 1 aliphatic rings. The van der Waals surface area contributed by atoms with Crippen LogP contribution in [0.4, 0.5) is 0 Å². The van der Waals surface area contributed by atoms with Crippen LogP contribution in [0.25, 0.3) is 0 Å². The van der Waals surface area contributed by atoms with E-state index in [1.54, 1.807) is 0 Å². The molecule has 0 bridgehead atoms. The van der Waals surface area contributed by atoms with Crippen molar-refractivity contribution in [2.45, 2.75) is 19.4 Å². The van der Waals surface area contributed by atoms with Crippen LogP contribution in [0.1, 0.15) is 39.1 Å². The molecule has 3 rings (SSSR count). The zero-order chi connectivity index (χ0) is 16.9. The van der Waals surface area contributed by atoms with Crippen molar-refractivity contribution in [1.29, 1.82) is 0 Å². The lowest BCUT2D eigenvalue weighted by Crippen LogP contribution is -2.28. The highest BCUT2D eigenvalue weighted by atomic mass is 127. The number of carbonyl (C=O) groups is 2. The van der Waals surface area contributed by atoms with Gasteiger partial charge < -0.3 is 10.2 Å². The summed E-state index contributed by atoms with van der Waals surface area (Å²) in [4.78, 5) is 26.6. The van der Waals surface area contributed by atoms with Gasteiger partial charge in [0, 0.05) is 28.8 Å². The van der Waals surface area contributed by atoms with Crippen molar-refractivity contribution in [3.8, 4) is 0 Å². The summed E-state index contributed by atoms with van der Waals surface area (Å²) in [6.07, 6.45) is 2.16. The Bertz CT molecular complexity index is 755. The Kier molecular flexibility index (Phi) is 5.50. The van der Waals surface area contributed by atoms with Gasteiger partial charge in [-0.2, -0.15) is 0 Å². The van der Waals surface area contributed by atoms with E-state index in [-0.39, 0.29) is 11.8 Å². The molecule has 2 aromatic rings. The highest BCUT2D eigenvalue weighted by molar-refractivity contribution is 14.1. The van der Waals surface area contributed by atoms with E-state index in [2.05, 4.69) is 27.9 Å². The van der Waals surface area contributed by atoms with Gasteiger partial charge in [0.15, 0.2) is 0 Å². The van der Waals surface area contributed by atoms with Crippen molar-refractivity contribution in [3.05, 3.63) is 68.8 Å². The van der Waals surface area contributed by atoms with Crippen molar-refractivity contribution >= 4 is 34.4 Å². The first-order chi connectivity index (χ1) is 11.6. The summed E-state index contributed by atoms with van der Waals surface area (Å²) in [6.45, 7) is 2.09. The second-order valence-corrected chi connectivity index (χ2v) is 7.02. The Morgan fingerprint density at radius 3 is 2.54 bits per heavy atom. The van der Waals surface area contributed by atoms with Crippen LogP contribution in [0, 0.1) is 3.57 Å². The zero-order valence-electron chi connectivity index (χ0n) is 13.3. The van der Waals surface area contributed by atoms with E-state index < -0.39 is 0 Å². The van der Waals surface area contributed by atoms with E-state index in [1.165, 1.54) is 0 Å². The average molecular weight is 434 g/mol. The molecule has 24 heavy (non-hydrogen) atoms. The Morgan fingerprint density at radius 2 is 1.79 bits per heavy atom. The number of benzene rings is 2. The molecule has 1 aliphatic heterocycles. The van der Waals surface area contributed by atoms with Gasteiger partial charge in [-0.1, -0.05) is 24.3 Å². The van der Waals surface area contributed by atoms with E-state index in [9.17, 15) is 9.59 Å². The molecule has 5 heteroatoms. The van der Waals surface area contributed by atoms with Crippen LogP contribution in [0.3, 0.4) is 0 Å². The Balaban J connectivity index is 1.65. The molecule has 0 aromatic heterocycles. The molecule has 0 spiro atoms. The molecule has 1 heterocycles. The van der Waals surface area contributed by atoms with Gasteiger partial charge in [0.1, 0.15) is 0 Å². The van der Waals surface area contributed by atoms with Crippen LogP contribution >= 0.6 is 22.6 Å². The Labute approximate surface area is 155 Å². The normalized spacial score (nSPS) is 13.8. The van der Waals surface area contributed by atoms with Crippen molar-refractivity contribution in [2.75, 3.05) is 13.1 Å². The highest BCUT2D eigenvalue weighted by Gasteiger charge is 2.19. The standard InChI is InChI=1S/C19H19IN2O2/c20-17-9-2-1-8-16(17)18(23)21-13-14-6-5-7-15(12-14)19(24)22-10-3-4-11-22/h1-2,5-9,12H,3-4,10-11,13H2,(H,21,23). The predicted octanol–water partition coefficient (Wildman–Crippen LogP) is 3.46. The maximum Gasteiger partial charge on any atom is 0.253 e. The fraction of sp³-hybridized carbons (Fsp3) is 0.263. The molecule has 1 N–H and O–H groups in total. The first kappa shape index (κ1) is 17.0. The van der Waals surface area contributed by atoms with Crippen LogP contribution in [0.15, 0.2) is 48.5 Å². The number of amides is 2. The maximum atomic E-state index is 12.4. The van der Waals surface area contributed by atoms with Crippen molar-refractivity contribution < 1.29 is 9.59 Å². The average Bonchev–Trinajstić information content (AvgIpc) is 3.14. The predicted molar refractivity (Wildman–Crippen MR) is 102 cm³/mol. The second-order valence-electron chi connectivity index (χ2n) is 5.86. The minimum absolute atomic E-state index is 0.0817. The minimum Gasteiger partial charge on any atom is -0.348 e. The SMILES string of the molecule is O=C(NCc1cccc(C(=O)N2CCCC2)c1)c1ccccc1I. The lowest BCUT2D eigenvalue weighted by molar-refractivity contribution is 0.0792. The number of likely N-dealkylation sites (tertiary alicyclic amines) is 1. The number of nitrogens with zero attached hydrogens (tertiary/aromatic N) is 1. The van der Waals surface area contributed by atoms with Crippen LogP contribution in [-0.2, 0) is 6.54 Å². The molecule has 2 aromatic carbocycles. The zero-order valence-corrected chi connectivity index (χ0v) is 15.5. The lowest BCUT2D eigenvalue weighted by atomic mass is 10.1. The molecule has 4 nitrogen and oxygen atoms in total. The summed E-state index contributed by atoms with van der Waals surface area (Å²) in [6, 6.07) is 15.0. The summed E-state index contributed by atoms with van der Waals surface area (Å²) in [5, 5.41) is 2.92. The monoisotopic (exact) mass is 434 g/mol. The van der Waals surface area contributed by atoms with Crippen molar-refractivity contribution in [1.82, 2.24) is 10.2 Å². The van der Waals surface area contributed by atoms with Crippen LogP contribution < -0.4 is 5.32 Å². The molecule has 1 fully saturated rings. The largest absolute Gasteiger partial charge is 0.348 e. The Morgan fingerprint density at radius 1 is 1.04 bits per heavy atom. The summed E-state index contributed by atoms with van der Waals surface area (Å²) >= 11 is 2.15. The van der Waals surface area contributed by atoms with E-state index in [4.69, 9.17) is 0 Å². The highest BCUT2D eigenvalue weighted by Crippen LogP contribution is 2.15. The first-order valence-electron chi connectivity index (χ1n) is 8.06. The van der Waals surface area contributed by atoms with E-state index in [0.717, 1.165) is 35.1 Å². The van der Waals surface area contributed by atoms with Gasteiger partial charge in [-0.3, -0.25) is 9.59 Å². The van der Waals surface area contributed by atoms with Gasteiger partial charge in [0.05, 0.1) is 5.56 Å². The molecule has 0 radical (unpaired) electrons. The fourth-order valence-corrected chi connectivity index (χ4v) is 3.47. The van der Waals surface area contributed by atoms with Gasteiger partial charge in [-0.15, -0.1) is 0 Å². The molecule has 0 atom stereocenters. The minimum atomic E-state index is -0.101. The summed E-state index contributed by atoms with van der Waals surface area (Å²) < 4.78 is 0.922. The van der Waals surface area contributed by atoms with E-state index in [1.807, 2.05) is 53.4 Å². The van der Waals surface area contributed by atoms with Crippen LogP contribution in [0.5, 0.6) is 0 Å². The molecule has 1 saturated heterocycles. The van der Waals surface area contributed by atoms with Gasteiger partial charge in [0.25, 0.3) is 11.8 Å². The van der Waals surface area contributed by atoms with E-state index in [0.29, 0.717) is 17.7 Å².